The first-order valence-electron chi connectivity index (χ1n) is 5.43. The van der Waals surface area contributed by atoms with Gasteiger partial charge in [-0.3, -0.25) is 4.79 Å². The number of nitrogens with two attached hydrogens (primary N) is 1. The summed E-state index contributed by atoms with van der Waals surface area (Å²) in [5.74, 6) is 0.284. The maximum atomic E-state index is 11.6. The molecule has 0 aromatic heterocycles. The van der Waals surface area contributed by atoms with Gasteiger partial charge in [-0.2, -0.15) is 0 Å². The monoisotopic (exact) mass is 216 g/mol. The van der Waals surface area contributed by atoms with E-state index in [1.54, 1.807) is 0 Å². The molecule has 3 N–H and O–H groups in total. The molecule has 0 spiro atoms. The molecule has 0 bridgehead atoms. The van der Waals surface area contributed by atoms with Crippen molar-refractivity contribution in [2.24, 2.45) is 11.7 Å². The smallest absolute Gasteiger partial charge is 0.249 e. The fourth-order valence-electron chi connectivity index (χ4n) is 1.56. The maximum absolute atomic E-state index is 11.6. The summed E-state index contributed by atoms with van der Waals surface area (Å²) in [6.07, 6.45) is 0.682. The van der Waals surface area contributed by atoms with Crippen LogP contribution in [0.15, 0.2) is 0 Å². The summed E-state index contributed by atoms with van der Waals surface area (Å²) in [7, 11) is 0. The molecular weight excluding hydrogens is 196 g/mol. The molecule has 1 heterocycles. The van der Waals surface area contributed by atoms with Gasteiger partial charge in [-0.25, -0.2) is 0 Å². The summed E-state index contributed by atoms with van der Waals surface area (Å²) in [6, 6.07) is 0. The zero-order valence-corrected chi connectivity index (χ0v) is 9.20. The minimum absolute atomic E-state index is 0.0312. The molecule has 5 heteroatoms. The van der Waals surface area contributed by atoms with Gasteiger partial charge in [-0.1, -0.05) is 6.92 Å². The van der Waals surface area contributed by atoms with E-state index < -0.39 is 0 Å². The van der Waals surface area contributed by atoms with Gasteiger partial charge in [0.2, 0.25) is 5.91 Å². The SMILES string of the molecule is CC1CCOC1C(=O)NCCOCCN. The molecule has 0 radical (unpaired) electrons. The highest BCUT2D eigenvalue weighted by Gasteiger charge is 2.30. The van der Waals surface area contributed by atoms with Gasteiger partial charge in [0.1, 0.15) is 6.10 Å². The number of carbonyl (C=O) groups excluding carboxylic acids is 1. The Kier molecular flexibility index (Phi) is 5.60. The van der Waals surface area contributed by atoms with E-state index in [1.165, 1.54) is 0 Å². The predicted molar refractivity (Wildman–Crippen MR) is 56.4 cm³/mol. The van der Waals surface area contributed by atoms with E-state index in [4.69, 9.17) is 15.2 Å². The standard InChI is InChI=1S/C10H20N2O3/c1-8-2-5-15-9(8)10(13)12-4-7-14-6-3-11/h8-9H,2-7,11H2,1H3,(H,12,13). The summed E-state index contributed by atoms with van der Waals surface area (Å²) in [5, 5.41) is 2.78. The molecule has 88 valence electrons. The lowest BCUT2D eigenvalue weighted by Crippen LogP contribution is -2.38. The van der Waals surface area contributed by atoms with Crippen molar-refractivity contribution in [3.05, 3.63) is 0 Å². The lowest BCUT2D eigenvalue weighted by Gasteiger charge is -2.14. The summed E-state index contributed by atoms with van der Waals surface area (Å²) in [6.45, 7) is 4.78. The minimum Gasteiger partial charge on any atom is -0.378 e. The zero-order valence-electron chi connectivity index (χ0n) is 9.20. The summed E-state index contributed by atoms with van der Waals surface area (Å²) in [4.78, 5) is 11.6. The van der Waals surface area contributed by atoms with Gasteiger partial charge in [0.15, 0.2) is 0 Å². The Morgan fingerprint density at radius 1 is 1.60 bits per heavy atom. The van der Waals surface area contributed by atoms with Gasteiger partial charge < -0.3 is 20.5 Å². The third kappa shape index (κ3) is 4.15. The molecule has 1 amide bonds. The first kappa shape index (κ1) is 12.4. The number of amides is 1. The fourth-order valence-corrected chi connectivity index (χ4v) is 1.56. The average Bonchev–Trinajstić information content (AvgIpc) is 2.64. The molecule has 2 unspecified atom stereocenters. The van der Waals surface area contributed by atoms with Crippen molar-refractivity contribution in [1.82, 2.24) is 5.32 Å². The molecule has 15 heavy (non-hydrogen) atoms. The van der Waals surface area contributed by atoms with Gasteiger partial charge in [-0.05, 0) is 12.3 Å². The molecule has 0 aromatic rings. The second kappa shape index (κ2) is 6.76. The van der Waals surface area contributed by atoms with Gasteiger partial charge in [0.25, 0.3) is 0 Å². The van der Waals surface area contributed by atoms with Crippen molar-refractivity contribution in [1.29, 1.82) is 0 Å². The van der Waals surface area contributed by atoms with Crippen LogP contribution in [0.5, 0.6) is 0 Å². The molecule has 1 aliphatic rings. The number of rotatable bonds is 6. The van der Waals surface area contributed by atoms with Crippen molar-refractivity contribution < 1.29 is 14.3 Å². The highest BCUT2D eigenvalue weighted by molar-refractivity contribution is 5.81. The normalized spacial score (nSPS) is 25.5. The van der Waals surface area contributed by atoms with Crippen LogP contribution in [0.4, 0.5) is 0 Å². The predicted octanol–water partition coefficient (Wildman–Crippen LogP) is -0.497. The lowest BCUT2D eigenvalue weighted by molar-refractivity contribution is -0.131. The number of nitrogens with one attached hydrogen (secondary N) is 1. The van der Waals surface area contributed by atoms with E-state index >= 15 is 0 Å². The summed E-state index contributed by atoms with van der Waals surface area (Å²) in [5.41, 5.74) is 5.26. The molecule has 5 nitrogen and oxygen atoms in total. The van der Waals surface area contributed by atoms with Crippen LogP contribution < -0.4 is 11.1 Å². The van der Waals surface area contributed by atoms with Gasteiger partial charge in [-0.15, -0.1) is 0 Å². The van der Waals surface area contributed by atoms with Gasteiger partial charge in [0.05, 0.1) is 13.2 Å². The highest BCUT2D eigenvalue weighted by Crippen LogP contribution is 2.19. The Bertz CT molecular complexity index is 199. The first-order chi connectivity index (χ1) is 7.25. The number of hydrogen-bond acceptors (Lipinski definition) is 4. The van der Waals surface area contributed by atoms with E-state index in [9.17, 15) is 4.79 Å². The summed E-state index contributed by atoms with van der Waals surface area (Å²) < 4.78 is 10.5. The summed E-state index contributed by atoms with van der Waals surface area (Å²) >= 11 is 0. The Morgan fingerprint density at radius 2 is 2.40 bits per heavy atom. The molecule has 1 rings (SSSR count). The maximum Gasteiger partial charge on any atom is 0.249 e. The topological polar surface area (TPSA) is 73.6 Å². The quantitative estimate of drug-likeness (QED) is 0.587. The molecule has 1 fully saturated rings. The van der Waals surface area contributed by atoms with E-state index in [1.807, 2.05) is 6.92 Å². The second-order valence-electron chi connectivity index (χ2n) is 3.75. The van der Waals surface area contributed by atoms with Crippen LogP contribution in [0.25, 0.3) is 0 Å². The highest BCUT2D eigenvalue weighted by atomic mass is 16.5. The second-order valence-corrected chi connectivity index (χ2v) is 3.75. The van der Waals surface area contributed by atoms with Crippen LogP contribution in [0.2, 0.25) is 0 Å². The Hall–Kier alpha value is -0.650. The molecule has 0 saturated carbocycles. The van der Waals surface area contributed by atoms with Gasteiger partial charge >= 0.3 is 0 Å². The largest absolute Gasteiger partial charge is 0.378 e. The van der Waals surface area contributed by atoms with E-state index in [0.29, 0.717) is 38.8 Å². The third-order valence-corrected chi connectivity index (χ3v) is 2.45. The average molecular weight is 216 g/mol. The number of carbonyl (C=O) groups is 1. The van der Waals surface area contributed by atoms with Crippen LogP contribution in [-0.2, 0) is 14.3 Å². The lowest BCUT2D eigenvalue weighted by atomic mass is 10.0. The van der Waals surface area contributed by atoms with E-state index in [2.05, 4.69) is 5.32 Å². The molecule has 1 aliphatic heterocycles. The number of ether oxygens (including phenoxy) is 2. The van der Waals surface area contributed by atoms with Crippen LogP contribution in [0, 0.1) is 5.92 Å². The molecule has 2 atom stereocenters. The van der Waals surface area contributed by atoms with Crippen molar-refractivity contribution >= 4 is 5.91 Å². The van der Waals surface area contributed by atoms with E-state index in [0.717, 1.165) is 6.42 Å². The van der Waals surface area contributed by atoms with E-state index in [-0.39, 0.29) is 12.0 Å². The molecule has 1 saturated heterocycles. The van der Waals surface area contributed by atoms with Crippen LogP contribution in [0.3, 0.4) is 0 Å². The molecular formula is C10H20N2O3. The van der Waals surface area contributed by atoms with Crippen molar-refractivity contribution in [2.45, 2.75) is 19.4 Å². The Balaban J connectivity index is 2.08. The third-order valence-electron chi connectivity index (χ3n) is 2.45. The van der Waals surface area contributed by atoms with Crippen molar-refractivity contribution in [3.8, 4) is 0 Å². The van der Waals surface area contributed by atoms with Gasteiger partial charge in [0, 0.05) is 19.7 Å². The van der Waals surface area contributed by atoms with Crippen LogP contribution in [0.1, 0.15) is 13.3 Å². The number of hydrogen-bond donors (Lipinski definition) is 2. The van der Waals surface area contributed by atoms with Crippen molar-refractivity contribution in [3.63, 3.8) is 0 Å². The minimum atomic E-state index is -0.278. The molecule has 0 aromatic carbocycles. The Morgan fingerprint density at radius 3 is 3.00 bits per heavy atom. The zero-order chi connectivity index (χ0) is 11.1. The first-order valence-corrected chi connectivity index (χ1v) is 5.43. The molecule has 0 aliphatic carbocycles. The van der Waals surface area contributed by atoms with Crippen LogP contribution in [-0.4, -0.2) is 44.9 Å². The Labute approximate surface area is 90.3 Å². The van der Waals surface area contributed by atoms with Crippen LogP contribution >= 0.6 is 0 Å². The van der Waals surface area contributed by atoms with Crippen molar-refractivity contribution in [2.75, 3.05) is 32.9 Å². The fraction of sp³-hybridized carbons (Fsp3) is 0.900.